The van der Waals surface area contributed by atoms with Crippen molar-refractivity contribution >= 4 is 0 Å². The maximum Gasteiger partial charge on any atom is 0.165 e. The molecule has 0 amide bonds. The van der Waals surface area contributed by atoms with Gasteiger partial charge in [0.1, 0.15) is 0 Å². The van der Waals surface area contributed by atoms with Crippen molar-refractivity contribution in [3.63, 3.8) is 0 Å². The molecule has 1 atom stereocenters. The number of benzene rings is 1. The molecule has 0 fully saturated rings. The smallest absolute Gasteiger partial charge is 0.165 e. The summed E-state index contributed by atoms with van der Waals surface area (Å²) in [7, 11) is 0. The molecule has 0 aliphatic rings. The fraction of sp³-hybridized carbons (Fsp3) is 0.538. The normalized spacial score (nSPS) is 15.2. The molecule has 1 aromatic carbocycles. The molecule has 16 heavy (non-hydrogen) atoms. The van der Waals surface area contributed by atoms with Gasteiger partial charge in [-0.3, -0.25) is 0 Å². The summed E-state index contributed by atoms with van der Waals surface area (Å²) in [6.07, 6.45) is 0.351. The fourth-order valence-electron chi connectivity index (χ4n) is 1.89. The van der Waals surface area contributed by atoms with Crippen LogP contribution in [0.4, 0.5) is 8.78 Å². The Morgan fingerprint density at radius 2 is 1.81 bits per heavy atom. The maximum absolute atomic E-state index is 13.8. The Bertz CT molecular complexity index is 388. The first kappa shape index (κ1) is 13.1. The van der Waals surface area contributed by atoms with Gasteiger partial charge >= 0.3 is 0 Å². The molecular formula is C13H18F2O. The van der Waals surface area contributed by atoms with E-state index in [4.69, 9.17) is 0 Å². The highest BCUT2D eigenvalue weighted by molar-refractivity contribution is 5.30. The fourth-order valence-corrected chi connectivity index (χ4v) is 1.89. The lowest BCUT2D eigenvalue weighted by Crippen LogP contribution is -2.32. The van der Waals surface area contributed by atoms with E-state index in [1.807, 2.05) is 0 Å². The first-order valence-corrected chi connectivity index (χ1v) is 5.52. The first-order chi connectivity index (χ1) is 7.34. The van der Waals surface area contributed by atoms with Crippen LogP contribution >= 0.6 is 0 Å². The average molecular weight is 228 g/mol. The van der Waals surface area contributed by atoms with E-state index in [2.05, 4.69) is 0 Å². The molecule has 1 unspecified atom stereocenters. The summed E-state index contributed by atoms with van der Waals surface area (Å²) in [5.41, 5.74) is -1.00. The summed E-state index contributed by atoms with van der Waals surface area (Å²) in [5.74, 6) is -1.97. The summed E-state index contributed by atoms with van der Waals surface area (Å²) in [6, 6.07) is 2.97. The Kier molecular flexibility index (Phi) is 3.68. The van der Waals surface area contributed by atoms with Crippen LogP contribution in [0.1, 0.15) is 38.3 Å². The van der Waals surface area contributed by atoms with Crippen LogP contribution in [0.5, 0.6) is 0 Å². The number of hydrogen-bond donors (Lipinski definition) is 1. The monoisotopic (exact) mass is 228 g/mol. The van der Waals surface area contributed by atoms with Gasteiger partial charge in [0.25, 0.3) is 0 Å². The zero-order valence-corrected chi connectivity index (χ0v) is 10.1. The molecule has 0 heterocycles. The Labute approximate surface area is 95.1 Å². The molecule has 0 bridgehead atoms. The SMILES string of the molecule is CCC(O)(c1ccc(C)c(F)c1F)C(C)C. The first-order valence-electron chi connectivity index (χ1n) is 5.52. The van der Waals surface area contributed by atoms with E-state index < -0.39 is 17.2 Å². The lowest BCUT2D eigenvalue weighted by molar-refractivity contribution is -0.0176. The van der Waals surface area contributed by atoms with E-state index in [-0.39, 0.29) is 17.0 Å². The molecule has 0 saturated heterocycles. The lowest BCUT2D eigenvalue weighted by atomic mass is 9.80. The second-order valence-corrected chi connectivity index (χ2v) is 4.49. The number of aryl methyl sites for hydroxylation is 1. The quantitative estimate of drug-likeness (QED) is 0.839. The predicted octanol–water partition coefficient (Wildman–Crippen LogP) is 3.53. The lowest BCUT2D eigenvalue weighted by Gasteiger charge is -2.32. The number of aliphatic hydroxyl groups is 1. The van der Waals surface area contributed by atoms with E-state index >= 15 is 0 Å². The summed E-state index contributed by atoms with van der Waals surface area (Å²) < 4.78 is 27.2. The molecule has 0 aromatic heterocycles. The molecule has 0 saturated carbocycles. The van der Waals surface area contributed by atoms with Gasteiger partial charge in [0.15, 0.2) is 11.6 Å². The van der Waals surface area contributed by atoms with Crippen LogP contribution in [0.3, 0.4) is 0 Å². The standard InChI is InChI=1S/C13H18F2O/c1-5-13(16,8(2)3)10-7-6-9(4)11(14)12(10)15/h6-8,16H,5H2,1-4H3. The van der Waals surface area contributed by atoms with Crippen molar-refractivity contribution in [3.8, 4) is 0 Å². The van der Waals surface area contributed by atoms with E-state index in [9.17, 15) is 13.9 Å². The van der Waals surface area contributed by atoms with Gasteiger partial charge in [-0.1, -0.05) is 32.9 Å². The highest BCUT2D eigenvalue weighted by Gasteiger charge is 2.34. The highest BCUT2D eigenvalue weighted by atomic mass is 19.2. The minimum Gasteiger partial charge on any atom is -0.385 e. The van der Waals surface area contributed by atoms with E-state index in [1.54, 1.807) is 20.8 Å². The molecule has 90 valence electrons. The highest BCUT2D eigenvalue weighted by Crippen LogP contribution is 2.35. The second-order valence-electron chi connectivity index (χ2n) is 4.49. The molecule has 1 nitrogen and oxygen atoms in total. The van der Waals surface area contributed by atoms with Gasteiger partial charge in [0, 0.05) is 5.56 Å². The van der Waals surface area contributed by atoms with Crippen molar-refractivity contribution in [1.82, 2.24) is 0 Å². The topological polar surface area (TPSA) is 20.2 Å². The molecule has 1 N–H and O–H groups in total. The van der Waals surface area contributed by atoms with E-state index in [0.29, 0.717) is 6.42 Å². The van der Waals surface area contributed by atoms with Crippen molar-refractivity contribution in [2.24, 2.45) is 5.92 Å². The third-order valence-electron chi connectivity index (χ3n) is 3.24. The van der Waals surface area contributed by atoms with Crippen LogP contribution in [0, 0.1) is 24.5 Å². The Morgan fingerprint density at radius 1 is 1.25 bits per heavy atom. The van der Waals surface area contributed by atoms with Gasteiger partial charge in [-0.15, -0.1) is 0 Å². The summed E-state index contributed by atoms with van der Waals surface area (Å²) in [5, 5.41) is 10.4. The number of rotatable bonds is 3. The Balaban J connectivity index is 3.38. The number of halogens is 2. The van der Waals surface area contributed by atoms with Crippen molar-refractivity contribution in [3.05, 3.63) is 34.9 Å². The van der Waals surface area contributed by atoms with Gasteiger partial charge in [-0.2, -0.15) is 0 Å². The van der Waals surface area contributed by atoms with Crippen molar-refractivity contribution in [2.45, 2.75) is 39.7 Å². The molecule has 1 rings (SSSR count). The van der Waals surface area contributed by atoms with Crippen LogP contribution < -0.4 is 0 Å². The van der Waals surface area contributed by atoms with Gasteiger partial charge in [0.05, 0.1) is 5.60 Å². The average Bonchev–Trinajstić information content (AvgIpc) is 2.25. The van der Waals surface area contributed by atoms with Gasteiger partial charge in [-0.25, -0.2) is 8.78 Å². The Hall–Kier alpha value is -0.960. The van der Waals surface area contributed by atoms with Gasteiger partial charge < -0.3 is 5.11 Å². The number of hydrogen-bond acceptors (Lipinski definition) is 1. The molecule has 0 spiro atoms. The zero-order chi connectivity index (χ0) is 12.5. The Morgan fingerprint density at radius 3 is 2.25 bits per heavy atom. The predicted molar refractivity (Wildman–Crippen MR) is 60.1 cm³/mol. The van der Waals surface area contributed by atoms with E-state index in [0.717, 1.165) is 0 Å². The van der Waals surface area contributed by atoms with Crippen LogP contribution in [0.15, 0.2) is 12.1 Å². The molecule has 0 aliphatic carbocycles. The third kappa shape index (κ3) is 1.96. The van der Waals surface area contributed by atoms with Gasteiger partial charge in [-0.05, 0) is 24.8 Å². The van der Waals surface area contributed by atoms with E-state index in [1.165, 1.54) is 19.1 Å². The minimum atomic E-state index is -1.31. The summed E-state index contributed by atoms with van der Waals surface area (Å²) >= 11 is 0. The summed E-state index contributed by atoms with van der Waals surface area (Å²) in [6.45, 7) is 6.85. The minimum absolute atomic E-state index is 0.0492. The zero-order valence-electron chi connectivity index (χ0n) is 10.1. The largest absolute Gasteiger partial charge is 0.385 e. The van der Waals surface area contributed by atoms with Crippen LogP contribution in [0.25, 0.3) is 0 Å². The second kappa shape index (κ2) is 4.50. The van der Waals surface area contributed by atoms with Crippen LogP contribution in [-0.2, 0) is 5.60 Å². The van der Waals surface area contributed by atoms with Crippen molar-refractivity contribution < 1.29 is 13.9 Å². The third-order valence-corrected chi connectivity index (χ3v) is 3.24. The van der Waals surface area contributed by atoms with Crippen molar-refractivity contribution in [2.75, 3.05) is 0 Å². The van der Waals surface area contributed by atoms with Crippen molar-refractivity contribution in [1.29, 1.82) is 0 Å². The van der Waals surface area contributed by atoms with Crippen LogP contribution in [0.2, 0.25) is 0 Å². The summed E-state index contributed by atoms with van der Waals surface area (Å²) in [4.78, 5) is 0. The molecular weight excluding hydrogens is 210 g/mol. The molecule has 0 radical (unpaired) electrons. The molecule has 0 aliphatic heterocycles. The molecule has 3 heteroatoms. The maximum atomic E-state index is 13.8. The van der Waals surface area contributed by atoms with Crippen LogP contribution in [-0.4, -0.2) is 5.11 Å². The molecule has 1 aromatic rings. The van der Waals surface area contributed by atoms with Gasteiger partial charge in [0.2, 0.25) is 0 Å².